The molecule has 2 heterocycles. The number of benzene rings is 1. The first-order valence-electron chi connectivity index (χ1n) is 13.3. The van der Waals surface area contributed by atoms with E-state index in [0.717, 1.165) is 16.8 Å². The molecule has 2 N–H and O–H groups in total. The number of carbonyl (C=O) groups is 4. The molecule has 39 heavy (non-hydrogen) atoms. The van der Waals surface area contributed by atoms with Gasteiger partial charge in [-0.25, -0.2) is 9.59 Å². The zero-order valence-corrected chi connectivity index (χ0v) is 23.5. The van der Waals surface area contributed by atoms with Gasteiger partial charge in [-0.05, 0) is 45.6 Å². The van der Waals surface area contributed by atoms with Gasteiger partial charge in [0.05, 0.1) is 12.8 Å². The lowest BCUT2D eigenvalue weighted by molar-refractivity contribution is -0.154. The van der Waals surface area contributed by atoms with Crippen molar-refractivity contribution in [1.29, 1.82) is 0 Å². The minimum absolute atomic E-state index is 0.0941. The van der Waals surface area contributed by atoms with E-state index in [1.165, 1.54) is 12.0 Å². The van der Waals surface area contributed by atoms with Gasteiger partial charge in [0.2, 0.25) is 11.8 Å². The van der Waals surface area contributed by atoms with Crippen LogP contribution in [0.3, 0.4) is 0 Å². The Morgan fingerprint density at radius 1 is 1.21 bits per heavy atom. The number of alkyl carbamates (subject to hydrolysis) is 1. The van der Waals surface area contributed by atoms with Crippen LogP contribution in [0.2, 0.25) is 0 Å². The number of hydrogen-bond donors (Lipinski definition) is 2. The molecule has 2 fully saturated rings. The van der Waals surface area contributed by atoms with E-state index in [1.807, 2.05) is 38.1 Å². The second kappa shape index (κ2) is 10.5. The van der Waals surface area contributed by atoms with Crippen LogP contribution in [0.15, 0.2) is 29.4 Å². The quantitative estimate of drug-likeness (QED) is 0.527. The van der Waals surface area contributed by atoms with Crippen molar-refractivity contribution in [1.82, 2.24) is 15.5 Å². The molecule has 3 unspecified atom stereocenters. The predicted octanol–water partition coefficient (Wildman–Crippen LogP) is 2.44. The summed E-state index contributed by atoms with van der Waals surface area (Å²) in [7, 11) is 1.28. The van der Waals surface area contributed by atoms with Crippen molar-refractivity contribution in [3.63, 3.8) is 0 Å². The van der Waals surface area contributed by atoms with Crippen molar-refractivity contribution in [2.24, 2.45) is 11.1 Å². The number of nitrogens with one attached hydrogen (secondary N) is 2. The summed E-state index contributed by atoms with van der Waals surface area (Å²) >= 11 is 0. The number of aryl methyl sites for hydroxylation is 1. The number of esters is 1. The second-order valence-corrected chi connectivity index (χ2v) is 11.8. The van der Waals surface area contributed by atoms with E-state index in [9.17, 15) is 19.2 Å². The molecule has 0 radical (unpaired) electrons. The van der Waals surface area contributed by atoms with Gasteiger partial charge >= 0.3 is 12.1 Å². The molecule has 1 saturated carbocycles. The lowest BCUT2D eigenvalue weighted by atomic mass is 9.81. The zero-order chi connectivity index (χ0) is 28.6. The smallest absolute Gasteiger partial charge is 0.408 e. The van der Waals surface area contributed by atoms with Crippen LogP contribution in [0.5, 0.6) is 0 Å². The van der Waals surface area contributed by atoms with E-state index in [4.69, 9.17) is 14.3 Å². The molecule has 11 nitrogen and oxygen atoms in total. The molecule has 3 amide bonds. The number of oxime groups is 1. The van der Waals surface area contributed by atoms with Crippen LogP contribution >= 0.6 is 0 Å². The average Bonchev–Trinajstić information content (AvgIpc) is 3.34. The Morgan fingerprint density at radius 3 is 2.54 bits per heavy atom. The summed E-state index contributed by atoms with van der Waals surface area (Å²) in [5.74, 6) is -1.52. The molecular weight excluding hydrogens is 504 g/mol. The molecule has 0 aromatic heterocycles. The maximum absolute atomic E-state index is 13.7. The average molecular weight is 543 g/mol. The molecule has 4 atom stereocenters. The molecule has 1 aromatic rings. The highest BCUT2D eigenvalue weighted by atomic mass is 16.7. The third-order valence-corrected chi connectivity index (χ3v) is 7.55. The van der Waals surface area contributed by atoms with Gasteiger partial charge < -0.3 is 29.8 Å². The lowest BCUT2D eigenvalue weighted by Crippen LogP contribution is -2.61. The summed E-state index contributed by atoms with van der Waals surface area (Å²) in [6, 6.07) is 7.01. The Labute approximate surface area is 228 Å². The van der Waals surface area contributed by atoms with Crippen LogP contribution in [0.4, 0.5) is 4.79 Å². The fraction of sp³-hybridized carbons (Fsp3) is 0.607. The summed E-state index contributed by atoms with van der Waals surface area (Å²) in [6.07, 6.45) is 0.844. The molecule has 2 aliphatic heterocycles. The fourth-order valence-corrected chi connectivity index (χ4v) is 5.30. The second-order valence-electron chi connectivity index (χ2n) is 11.8. The van der Waals surface area contributed by atoms with Gasteiger partial charge in [-0.2, -0.15) is 0 Å². The summed E-state index contributed by atoms with van der Waals surface area (Å²) in [5, 5.41) is 9.69. The highest BCUT2D eigenvalue weighted by Gasteiger charge is 2.61. The first-order valence-corrected chi connectivity index (χ1v) is 13.3. The lowest BCUT2D eigenvalue weighted by Gasteiger charge is -2.42. The van der Waals surface area contributed by atoms with E-state index < -0.39 is 46.7 Å². The number of ether oxygens (including phenoxy) is 2. The molecule has 3 aliphatic rings. The number of amides is 3. The van der Waals surface area contributed by atoms with Gasteiger partial charge in [0, 0.05) is 25.8 Å². The third-order valence-electron chi connectivity index (χ3n) is 7.55. The Hall–Kier alpha value is -3.63. The van der Waals surface area contributed by atoms with Gasteiger partial charge in [-0.3, -0.25) is 9.59 Å². The number of carbonyl (C=O) groups excluding carboxylic acids is 4. The molecule has 1 aromatic carbocycles. The van der Waals surface area contributed by atoms with Crippen molar-refractivity contribution in [3.05, 3.63) is 35.4 Å². The molecule has 0 bridgehead atoms. The number of piperidine rings is 1. The number of nitrogens with zero attached hydrogens (tertiary/aromatic N) is 2. The maximum Gasteiger partial charge on any atom is 0.408 e. The summed E-state index contributed by atoms with van der Waals surface area (Å²) in [4.78, 5) is 59.0. The standard InChI is InChI=1S/C28H38N4O7/c1-17-8-7-9-19(12-17)20-14-27(39-31-20)10-11-32(22(33)16-29-25(36)38-26(3,4)5)21(15-27)23(34)30-28(13-18(28)2)24(35)37-6/h7-9,12,18,21H,10-11,13-16H2,1-6H3,(H,29,36)(H,30,34)/t18?,21?,27-,28?/m1/s1. The van der Waals surface area contributed by atoms with Crippen LogP contribution < -0.4 is 10.6 Å². The highest BCUT2D eigenvalue weighted by Crippen LogP contribution is 2.45. The van der Waals surface area contributed by atoms with Crippen molar-refractivity contribution in [2.75, 3.05) is 20.2 Å². The molecule has 4 rings (SSSR count). The largest absolute Gasteiger partial charge is 0.467 e. The number of likely N-dealkylation sites (tertiary alicyclic amines) is 1. The minimum Gasteiger partial charge on any atom is -0.467 e. The van der Waals surface area contributed by atoms with Crippen molar-refractivity contribution < 1.29 is 33.5 Å². The van der Waals surface area contributed by atoms with E-state index >= 15 is 0 Å². The maximum atomic E-state index is 13.7. The molecule has 1 spiro atoms. The minimum atomic E-state index is -1.11. The molecule has 1 aliphatic carbocycles. The Morgan fingerprint density at radius 2 is 1.92 bits per heavy atom. The van der Waals surface area contributed by atoms with Crippen LogP contribution in [-0.4, -0.2) is 77.5 Å². The van der Waals surface area contributed by atoms with E-state index in [0.29, 0.717) is 19.3 Å². The summed E-state index contributed by atoms with van der Waals surface area (Å²) in [5.41, 5.74) is 0.225. The Kier molecular flexibility index (Phi) is 7.64. The topological polar surface area (TPSA) is 136 Å². The zero-order valence-electron chi connectivity index (χ0n) is 23.5. The molecule has 11 heteroatoms. The van der Waals surface area contributed by atoms with Crippen LogP contribution in [0.25, 0.3) is 0 Å². The molecular formula is C28H38N4O7. The summed E-state index contributed by atoms with van der Waals surface area (Å²) in [6.45, 7) is 8.91. The first kappa shape index (κ1) is 28.4. The van der Waals surface area contributed by atoms with Crippen molar-refractivity contribution in [3.8, 4) is 0 Å². The van der Waals surface area contributed by atoms with Crippen molar-refractivity contribution >= 4 is 29.6 Å². The third kappa shape index (κ3) is 6.17. The number of hydrogen-bond acceptors (Lipinski definition) is 8. The Bertz CT molecular complexity index is 1190. The van der Waals surface area contributed by atoms with E-state index in [1.54, 1.807) is 20.8 Å². The SMILES string of the molecule is COC(=O)C1(NC(=O)C2C[C@@]3(CCN2C(=O)CNC(=O)OC(C)(C)C)CC(c2cccc(C)c2)=NO3)CC1C. The number of rotatable bonds is 6. The summed E-state index contributed by atoms with van der Waals surface area (Å²) < 4.78 is 10.2. The van der Waals surface area contributed by atoms with E-state index in [-0.39, 0.29) is 25.4 Å². The molecule has 1 saturated heterocycles. The van der Waals surface area contributed by atoms with Crippen molar-refractivity contribution in [2.45, 2.75) is 83.1 Å². The van der Waals surface area contributed by atoms with Gasteiger partial charge in [-0.15, -0.1) is 0 Å². The van der Waals surface area contributed by atoms with Crippen LogP contribution in [0.1, 0.15) is 64.5 Å². The van der Waals surface area contributed by atoms with Gasteiger partial charge in [-0.1, -0.05) is 41.9 Å². The molecule has 212 valence electrons. The fourth-order valence-electron chi connectivity index (χ4n) is 5.30. The normalized spacial score (nSPS) is 27.7. The van der Waals surface area contributed by atoms with Crippen LogP contribution in [0, 0.1) is 12.8 Å². The van der Waals surface area contributed by atoms with Gasteiger partial charge in [0.15, 0.2) is 0 Å². The first-order chi connectivity index (χ1) is 18.3. The predicted molar refractivity (Wildman–Crippen MR) is 142 cm³/mol. The van der Waals surface area contributed by atoms with Gasteiger partial charge in [0.25, 0.3) is 0 Å². The van der Waals surface area contributed by atoms with Gasteiger partial charge in [0.1, 0.15) is 29.3 Å². The monoisotopic (exact) mass is 542 g/mol. The highest BCUT2D eigenvalue weighted by molar-refractivity contribution is 6.02. The Balaban J connectivity index is 1.51. The van der Waals surface area contributed by atoms with Crippen LogP contribution in [-0.2, 0) is 28.7 Å². The number of methoxy groups -OCH3 is 1. The van der Waals surface area contributed by atoms with E-state index in [2.05, 4.69) is 15.8 Å².